The van der Waals surface area contributed by atoms with Gasteiger partial charge in [0.15, 0.2) is 0 Å². The molecule has 0 spiro atoms. The highest BCUT2D eigenvalue weighted by Crippen LogP contribution is 2.36. The molecule has 1 aromatic rings. The molecule has 0 unspecified atom stereocenters. The van der Waals surface area contributed by atoms with Gasteiger partial charge in [-0.1, -0.05) is 18.2 Å². The van der Waals surface area contributed by atoms with Crippen molar-refractivity contribution in [3.8, 4) is 0 Å². The number of anilines is 1. The van der Waals surface area contributed by atoms with Gasteiger partial charge >= 0.3 is 5.97 Å². The van der Waals surface area contributed by atoms with E-state index >= 15 is 0 Å². The molecule has 0 aliphatic heterocycles. The zero-order chi connectivity index (χ0) is 14.9. The summed E-state index contributed by atoms with van der Waals surface area (Å²) >= 11 is 6.98. The summed E-state index contributed by atoms with van der Waals surface area (Å²) in [4.78, 5) is 24.9. The Bertz CT molecular complexity index is 575. The Morgan fingerprint density at radius 1 is 1.45 bits per heavy atom. The van der Waals surface area contributed by atoms with Crippen molar-refractivity contribution in [3.05, 3.63) is 27.6 Å². The molecule has 0 radical (unpaired) electrons. The van der Waals surface area contributed by atoms with Gasteiger partial charge in [-0.2, -0.15) is 0 Å². The lowest BCUT2D eigenvalue weighted by atomic mass is 10.1. The second kappa shape index (κ2) is 5.97. The number of halogens is 1. The van der Waals surface area contributed by atoms with Gasteiger partial charge < -0.3 is 10.1 Å². The number of esters is 1. The van der Waals surface area contributed by atoms with E-state index < -0.39 is 5.97 Å². The maximum atomic E-state index is 12.1. The predicted octanol–water partition coefficient (Wildman–Crippen LogP) is 3.62. The second-order valence-corrected chi connectivity index (χ2v) is 6.60. The van der Waals surface area contributed by atoms with Gasteiger partial charge in [0, 0.05) is 15.8 Å². The Morgan fingerprint density at radius 2 is 2.10 bits per heavy atom. The first kappa shape index (κ1) is 15.1. The molecule has 1 aliphatic rings. The monoisotopic (exact) mass is 313 g/mol. The van der Waals surface area contributed by atoms with E-state index in [-0.39, 0.29) is 23.5 Å². The maximum absolute atomic E-state index is 12.1. The third kappa shape index (κ3) is 3.41. The third-order valence-electron chi connectivity index (χ3n) is 3.13. The fourth-order valence-electron chi connectivity index (χ4n) is 1.74. The number of nitrogens with one attached hydrogen (secondary N) is 1. The molecule has 1 aliphatic carbocycles. The van der Waals surface area contributed by atoms with Gasteiger partial charge in [-0.05, 0) is 32.3 Å². The topological polar surface area (TPSA) is 55.4 Å². The van der Waals surface area contributed by atoms with Gasteiger partial charge in [0.1, 0.15) is 11.6 Å². The van der Waals surface area contributed by atoms with Gasteiger partial charge in [0.2, 0.25) is 5.91 Å². The fourth-order valence-corrected chi connectivity index (χ4v) is 2.84. The summed E-state index contributed by atoms with van der Waals surface area (Å²) in [5, 5.41) is 3.64. The van der Waals surface area contributed by atoms with Crippen molar-refractivity contribution in [1.82, 2.24) is 0 Å². The Kier molecular flexibility index (Phi) is 4.50. The van der Waals surface area contributed by atoms with Crippen LogP contribution in [0.4, 0.5) is 5.00 Å². The van der Waals surface area contributed by atoms with E-state index in [2.05, 4.69) is 11.9 Å². The van der Waals surface area contributed by atoms with Crippen molar-refractivity contribution in [1.29, 1.82) is 0 Å². The van der Waals surface area contributed by atoms with Gasteiger partial charge in [0.05, 0.1) is 5.56 Å². The van der Waals surface area contributed by atoms with Crippen molar-refractivity contribution in [2.45, 2.75) is 26.7 Å². The fraction of sp³-hybridized carbons (Fsp3) is 0.429. The molecule has 1 aromatic heterocycles. The average molecular weight is 314 g/mol. The Labute approximate surface area is 126 Å². The van der Waals surface area contributed by atoms with Crippen molar-refractivity contribution in [2.24, 2.45) is 5.92 Å². The molecule has 6 heteroatoms. The van der Waals surface area contributed by atoms with Crippen molar-refractivity contribution < 1.29 is 14.3 Å². The summed E-state index contributed by atoms with van der Waals surface area (Å²) in [5.41, 5.74) is 1.24. The number of amides is 1. The van der Waals surface area contributed by atoms with E-state index in [0.29, 0.717) is 10.6 Å². The minimum Gasteiger partial charge on any atom is -0.456 e. The highest BCUT2D eigenvalue weighted by molar-refractivity contribution is 7.16. The van der Waals surface area contributed by atoms with E-state index in [0.717, 1.165) is 23.3 Å². The van der Waals surface area contributed by atoms with E-state index in [4.69, 9.17) is 16.3 Å². The van der Waals surface area contributed by atoms with E-state index in [1.165, 1.54) is 11.3 Å². The average Bonchev–Trinajstić information content (AvgIpc) is 3.16. The minimum atomic E-state index is -0.486. The molecule has 0 aromatic carbocycles. The van der Waals surface area contributed by atoms with Crippen LogP contribution in [0.5, 0.6) is 0 Å². The van der Waals surface area contributed by atoms with Gasteiger partial charge in [-0.3, -0.25) is 4.79 Å². The van der Waals surface area contributed by atoms with Crippen LogP contribution in [-0.4, -0.2) is 18.5 Å². The van der Waals surface area contributed by atoms with E-state index in [1.807, 2.05) is 13.8 Å². The summed E-state index contributed by atoms with van der Waals surface area (Å²) in [6, 6.07) is 0. The molecule has 1 saturated carbocycles. The quantitative estimate of drug-likeness (QED) is 0.845. The zero-order valence-electron chi connectivity index (χ0n) is 11.4. The van der Waals surface area contributed by atoms with Gasteiger partial charge in [-0.25, -0.2) is 4.79 Å². The molecule has 20 heavy (non-hydrogen) atoms. The van der Waals surface area contributed by atoms with Crippen LogP contribution in [0, 0.1) is 19.8 Å². The minimum absolute atomic E-state index is 0.0259. The number of ether oxygens (including phenoxy) is 1. The first-order chi connectivity index (χ1) is 9.40. The summed E-state index contributed by atoms with van der Waals surface area (Å²) in [6.45, 7) is 7.18. The van der Waals surface area contributed by atoms with Crippen LogP contribution in [0.1, 0.15) is 33.6 Å². The highest BCUT2D eigenvalue weighted by Gasteiger charge is 2.31. The van der Waals surface area contributed by atoms with Crippen LogP contribution in [-0.2, 0) is 9.53 Å². The normalized spacial score (nSPS) is 13.9. The zero-order valence-corrected chi connectivity index (χ0v) is 13.0. The van der Waals surface area contributed by atoms with E-state index in [1.54, 1.807) is 0 Å². The van der Waals surface area contributed by atoms with Crippen LogP contribution >= 0.6 is 22.9 Å². The molecule has 1 N–H and O–H groups in total. The Hall–Kier alpha value is -1.33. The molecule has 2 rings (SSSR count). The summed E-state index contributed by atoms with van der Waals surface area (Å²) < 4.78 is 5.07. The maximum Gasteiger partial charge on any atom is 0.341 e. The molecular formula is C14H16ClNO3S. The predicted molar refractivity (Wildman–Crippen MR) is 80.4 cm³/mol. The summed E-state index contributed by atoms with van der Waals surface area (Å²) in [6.07, 6.45) is 1.84. The number of hydrogen-bond acceptors (Lipinski definition) is 4. The second-order valence-electron chi connectivity index (χ2n) is 4.84. The molecule has 1 fully saturated rings. The molecule has 0 atom stereocenters. The number of carbonyl (C=O) groups is 2. The highest BCUT2D eigenvalue weighted by atomic mass is 35.5. The van der Waals surface area contributed by atoms with E-state index in [9.17, 15) is 9.59 Å². The van der Waals surface area contributed by atoms with Crippen molar-refractivity contribution >= 4 is 39.8 Å². The number of thiophene rings is 1. The van der Waals surface area contributed by atoms with Crippen LogP contribution in [0.3, 0.4) is 0 Å². The summed E-state index contributed by atoms with van der Waals surface area (Å²) in [5.74, 6) is -0.425. The lowest BCUT2D eigenvalue weighted by Crippen LogP contribution is -2.16. The van der Waals surface area contributed by atoms with Crippen molar-refractivity contribution in [2.75, 3.05) is 11.9 Å². The smallest absolute Gasteiger partial charge is 0.341 e. The van der Waals surface area contributed by atoms with Crippen LogP contribution < -0.4 is 5.32 Å². The summed E-state index contributed by atoms with van der Waals surface area (Å²) in [7, 11) is 0. The first-order valence-electron chi connectivity index (χ1n) is 6.31. The molecule has 0 bridgehead atoms. The number of carbonyl (C=O) groups excluding carboxylic acids is 2. The van der Waals surface area contributed by atoms with Crippen LogP contribution in [0.25, 0.3) is 0 Å². The first-order valence-corrected chi connectivity index (χ1v) is 7.51. The number of hydrogen-bond donors (Lipinski definition) is 1. The van der Waals surface area contributed by atoms with Crippen LogP contribution in [0.15, 0.2) is 11.6 Å². The molecular weight excluding hydrogens is 298 g/mol. The molecule has 0 saturated heterocycles. The van der Waals surface area contributed by atoms with Crippen molar-refractivity contribution in [3.63, 3.8) is 0 Å². The standard InChI is InChI=1S/C14H16ClNO3S/c1-7(15)6-19-14(18)11-8(2)9(3)20-13(11)16-12(17)10-4-5-10/h10H,1,4-6H2,2-3H3,(H,16,17). The van der Waals surface area contributed by atoms with Gasteiger partial charge in [-0.15, -0.1) is 11.3 Å². The molecule has 1 heterocycles. The molecule has 1 amide bonds. The lowest BCUT2D eigenvalue weighted by Gasteiger charge is -2.07. The molecule has 108 valence electrons. The Morgan fingerprint density at radius 3 is 2.65 bits per heavy atom. The molecule has 4 nitrogen and oxygen atoms in total. The van der Waals surface area contributed by atoms with Crippen LogP contribution in [0.2, 0.25) is 0 Å². The Balaban J connectivity index is 2.18. The lowest BCUT2D eigenvalue weighted by molar-refractivity contribution is -0.117. The largest absolute Gasteiger partial charge is 0.456 e. The third-order valence-corrected chi connectivity index (χ3v) is 4.37. The number of rotatable bonds is 5. The number of aryl methyl sites for hydroxylation is 1. The van der Waals surface area contributed by atoms with Gasteiger partial charge in [0.25, 0.3) is 0 Å². The SMILES string of the molecule is C=C(Cl)COC(=O)c1c(NC(=O)C2CC2)sc(C)c1C.